The van der Waals surface area contributed by atoms with Crippen molar-refractivity contribution in [2.24, 2.45) is 7.05 Å². The Morgan fingerprint density at radius 2 is 2.12 bits per heavy atom. The summed E-state index contributed by atoms with van der Waals surface area (Å²) in [7, 11) is 3.49. The highest BCUT2D eigenvalue weighted by Crippen LogP contribution is 2.26. The molecule has 0 saturated carbocycles. The molecule has 1 saturated heterocycles. The van der Waals surface area contributed by atoms with Gasteiger partial charge in [0.2, 0.25) is 0 Å². The lowest BCUT2D eigenvalue weighted by Gasteiger charge is -2.32. The van der Waals surface area contributed by atoms with E-state index in [0.717, 1.165) is 50.3 Å². The molecule has 10 heteroatoms. The molecule has 0 spiro atoms. The van der Waals surface area contributed by atoms with E-state index in [4.69, 9.17) is 9.72 Å². The van der Waals surface area contributed by atoms with Gasteiger partial charge < -0.3 is 9.30 Å². The average molecular weight is 442 g/mol. The summed E-state index contributed by atoms with van der Waals surface area (Å²) >= 11 is 0. The Morgan fingerprint density at radius 1 is 1.28 bits per heavy atom. The summed E-state index contributed by atoms with van der Waals surface area (Å²) in [5.74, 6) is 1.79. The monoisotopic (exact) mass is 441 g/mol. The number of aromatic amines is 1. The zero-order valence-electron chi connectivity index (χ0n) is 19.0. The number of nitrogens with zero attached hydrogens (tertiary/aromatic N) is 6. The molecule has 10 nitrogen and oxygen atoms in total. The molecule has 0 aromatic carbocycles. The Hall–Kier alpha value is -2.85. The zero-order chi connectivity index (χ0) is 22.7. The molecule has 3 aromatic rings. The molecule has 1 atom stereocenters. The molecule has 172 valence electrons. The van der Waals surface area contributed by atoms with Crippen molar-refractivity contribution in [3.8, 4) is 0 Å². The van der Waals surface area contributed by atoms with Gasteiger partial charge in [-0.25, -0.2) is 19.7 Å². The first-order valence-electron chi connectivity index (χ1n) is 11.2. The molecule has 32 heavy (non-hydrogen) atoms. The molecule has 1 fully saturated rings. The fourth-order valence-electron chi connectivity index (χ4n) is 4.44. The van der Waals surface area contributed by atoms with Crippen LogP contribution in [0.15, 0.2) is 21.9 Å². The van der Waals surface area contributed by atoms with E-state index in [1.165, 1.54) is 0 Å². The van der Waals surface area contributed by atoms with Gasteiger partial charge >= 0.3 is 5.69 Å². The number of likely N-dealkylation sites (tertiary alicyclic amines) is 1. The number of piperidine rings is 1. The van der Waals surface area contributed by atoms with Crippen molar-refractivity contribution in [3.63, 3.8) is 0 Å². The highest BCUT2D eigenvalue weighted by Gasteiger charge is 2.25. The normalized spacial score (nSPS) is 17.3. The Balaban J connectivity index is 1.58. The Bertz CT molecular complexity index is 1200. The van der Waals surface area contributed by atoms with Crippen LogP contribution in [0.25, 0.3) is 11.2 Å². The summed E-state index contributed by atoms with van der Waals surface area (Å²) in [6.45, 7) is 5.43. The Labute approximate surface area is 186 Å². The lowest BCUT2D eigenvalue weighted by molar-refractivity contribution is 0.175. The van der Waals surface area contributed by atoms with Crippen LogP contribution in [0.3, 0.4) is 0 Å². The largest absolute Gasteiger partial charge is 0.377 e. The maximum Gasteiger partial charge on any atom is 0.330 e. The van der Waals surface area contributed by atoms with Crippen molar-refractivity contribution < 1.29 is 4.74 Å². The van der Waals surface area contributed by atoms with Crippen LogP contribution < -0.4 is 11.2 Å². The van der Waals surface area contributed by atoms with Gasteiger partial charge in [-0.1, -0.05) is 13.3 Å². The minimum atomic E-state index is -0.394. The smallest absolute Gasteiger partial charge is 0.330 e. The second-order valence-corrected chi connectivity index (χ2v) is 8.43. The fraction of sp³-hybridized carbons (Fsp3) is 0.591. The van der Waals surface area contributed by atoms with Crippen molar-refractivity contribution in [3.05, 3.63) is 50.4 Å². The van der Waals surface area contributed by atoms with E-state index < -0.39 is 5.69 Å². The molecule has 0 radical (unpaired) electrons. The van der Waals surface area contributed by atoms with Gasteiger partial charge in [0, 0.05) is 45.1 Å². The van der Waals surface area contributed by atoms with Gasteiger partial charge in [-0.3, -0.25) is 19.2 Å². The SMILES string of the molecule is CCCCn1c(=O)[nH]c(=O)c2c1nc(CN1CCC[C@H](c3ccnc(COC)n3)C1)n2C. The first-order chi connectivity index (χ1) is 15.5. The number of hydrogen-bond donors (Lipinski definition) is 1. The molecule has 3 aromatic heterocycles. The van der Waals surface area contributed by atoms with E-state index in [0.29, 0.717) is 42.6 Å². The lowest BCUT2D eigenvalue weighted by Crippen LogP contribution is -2.35. The highest BCUT2D eigenvalue weighted by atomic mass is 16.5. The van der Waals surface area contributed by atoms with Crippen LogP contribution in [-0.2, 0) is 31.5 Å². The first-order valence-corrected chi connectivity index (χ1v) is 11.2. The predicted molar refractivity (Wildman–Crippen MR) is 120 cm³/mol. The quantitative estimate of drug-likeness (QED) is 0.564. The molecule has 1 aliphatic rings. The number of aromatic nitrogens is 6. The molecule has 0 bridgehead atoms. The van der Waals surface area contributed by atoms with Gasteiger partial charge in [0.05, 0.1) is 6.54 Å². The maximum absolute atomic E-state index is 12.5. The van der Waals surface area contributed by atoms with Crippen molar-refractivity contribution in [2.45, 2.75) is 58.2 Å². The van der Waals surface area contributed by atoms with E-state index in [9.17, 15) is 9.59 Å². The topological polar surface area (TPSA) is 111 Å². The third-order valence-corrected chi connectivity index (χ3v) is 6.13. The molecular weight excluding hydrogens is 410 g/mol. The first kappa shape index (κ1) is 22.3. The number of methoxy groups -OCH3 is 1. The molecule has 4 rings (SSSR count). The Morgan fingerprint density at radius 3 is 2.91 bits per heavy atom. The summed E-state index contributed by atoms with van der Waals surface area (Å²) in [5, 5.41) is 0. The minimum Gasteiger partial charge on any atom is -0.377 e. The minimum absolute atomic E-state index is 0.308. The standard InChI is InChI=1S/C22H31N7O3/c1-4-5-11-29-20-19(21(30)26-22(29)31)27(2)18(25-20)13-28-10-6-7-15(12-28)16-8-9-23-17(24-16)14-32-3/h8-9,15H,4-7,10-14H2,1-3H3,(H,26,30,31)/t15-/m0/s1. The van der Waals surface area contributed by atoms with E-state index in [1.54, 1.807) is 17.9 Å². The van der Waals surface area contributed by atoms with Gasteiger partial charge in [-0.2, -0.15) is 0 Å². The van der Waals surface area contributed by atoms with Crippen LogP contribution in [0.4, 0.5) is 0 Å². The summed E-state index contributed by atoms with van der Waals surface area (Å²) < 4.78 is 8.57. The van der Waals surface area contributed by atoms with Crippen LogP contribution >= 0.6 is 0 Å². The average Bonchev–Trinajstić information content (AvgIpc) is 3.10. The number of nitrogens with one attached hydrogen (secondary N) is 1. The number of rotatable bonds is 8. The van der Waals surface area contributed by atoms with Crippen molar-refractivity contribution in [1.29, 1.82) is 0 Å². The second kappa shape index (κ2) is 9.74. The fourth-order valence-corrected chi connectivity index (χ4v) is 4.44. The molecular formula is C22H31N7O3. The van der Waals surface area contributed by atoms with Crippen molar-refractivity contribution >= 4 is 11.2 Å². The molecule has 4 heterocycles. The molecule has 1 aliphatic heterocycles. The van der Waals surface area contributed by atoms with Crippen LogP contribution in [0.1, 0.15) is 55.9 Å². The van der Waals surface area contributed by atoms with E-state index in [1.807, 2.05) is 17.7 Å². The molecule has 1 N–H and O–H groups in total. The zero-order valence-corrected chi connectivity index (χ0v) is 19.0. The molecule has 0 amide bonds. The van der Waals surface area contributed by atoms with Crippen molar-refractivity contribution in [2.75, 3.05) is 20.2 Å². The van der Waals surface area contributed by atoms with E-state index in [-0.39, 0.29) is 5.56 Å². The van der Waals surface area contributed by atoms with E-state index >= 15 is 0 Å². The number of unbranched alkanes of at least 4 members (excludes halogenated alkanes) is 1. The number of fused-ring (bicyclic) bond motifs is 1. The molecule has 0 aliphatic carbocycles. The van der Waals surface area contributed by atoms with Gasteiger partial charge in [-0.15, -0.1) is 0 Å². The second-order valence-electron chi connectivity index (χ2n) is 8.43. The highest BCUT2D eigenvalue weighted by molar-refractivity contribution is 5.70. The number of ether oxygens (including phenoxy) is 1. The van der Waals surface area contributed by atoms with Crippen LogP contribution in [0, 0.1) is 0 Å². The number of aryl methyl sites for hydroxylation is 2. The summed E-state index contributed by atoms with van der Waals surface area (Å²) in [6, 6.07) is 1.98. The van der Waals surface area contributed by atoms with Gasteiger partial charge in [-0.05, 0) is 31.9 Å². The lowest BCUT2D eigenvalue weighted by atomic mass is 9.94. The third kappa shape index (κ3) is 4.51. The summed E-state index contributed by atoms with van der Waals surface area (Å²) in [4.78, 5) is 43.3. The third-order valence-electron chi connectivity index (χ3n) is 6.13. The maximum atomic E-state index is 12.5. The van der Waals surface area contributed by atoms with Crippen molar-refractivity contribution in [1.82, 2.24) is 34.0 Å². The number of H-pyrrole nitrogens is 1. The molecule has 0 unspecified atom stereocenters. The van der Waals surface area contributed by atoms with Crippen LogP contribution in [0.5, 0.6) is 0 Å². The summed E-state index contributed by atoms with van der Waals surface area (Å²) in [5.41, 5.74) is 1.17. The number of hydrogen-bond acceptors (Lipinski definition) is 7. The van der Waals surface area contributed by atoms with Gasteiger partial charge in [0.1, 0.15) is 12.4 Å². The van der Waals surface area contributed by atoms with Gasteiger partial charge in [0.15, 0.2) is 17.0 Å². The van der Waals surface area contributed by atoms with Crippen LogP contribution in [-0.4, -0.2) is 54.2 Å². The van der Waals surface area contributed by atoms with Gasteiger partial charge in [0.25, 0.3) is 5.56 Å². The summed E-state index contributed by atoms with van der Waals surface area (Å²) in [6.07, 6.45) is 5.73. The number of imidazole rings is 1. The Kier molecular flexibility index (Phi) is 6.80. The van der Waals surface area contributed by atoms with E-state index in [2.05, 4.69) is 26.8 Å². The predicted octanol–water partition coefficient (Wildman–Crippen LogP) is 1.54. The van der Waals surface area contributed by atoms with Crippen LogP contribution in [0.2, 0.25) is 0 Å².